The predicted molar refractivity (Wildman–Crippen MR) is 152 cm³/mol. The molecule has 1 amide bonds. The molecule has 8 nitrogen and oxygen atoms in total. The van der Waals surface area contributed by atoms with Gasteiger partial charge in [0.05, 0.1) is 12.1 Å². The second-order valence-electron chi connectivity index (χ2n) is 10.4. The van der Waals surface area contributed by atoms with E-state index in [9.17, 15) is 4.79 Å². The third-order valence-corrected chi connectivity index (χ3v) is 7.36. The Hall–Kier alpha value is -4.17. The fraction of sp³-hybridized carbons (Fsp3) is 0.323. The summed E-state index contributed by atoms with van der Waals surface area (Å²) in [6.07, 6.45) is 1.31. The summed E-state index contributed by atoms with van der Waals surface area (Å²) in [5.41, 5.74) is 8.31. The highest BCUT2D eigenvalue weighted by atomic mass is 16.5. The summed E-state index contributed by atoms with van der Waals surface area (Å²) in [5.74, 6) is 2.07. The van der Waals surface area contributed by atoms with E-state index in [-0.39, 0.29) is 12.0 Å². The van der Waals surface area contributed by atoms with Crippen molar-refractivity contribution in [1.29, 1.82) is 0 Å². The lowest BCUT2D eigenvalue weighted by Crippen LogP contribution is -2.43. The molecule has 1 unspecified atom stereocenters. The first-order valence-corrected chi connectivity index (χ1v) is 13.5. The van der Waals surface area contributed by atoms with E-state index < -0.39 is 0 Å². The van der Waals surface area contributed by atoms with Gasteiger partial charge in [0.2, 0.25) is 17.6 Å². The van der Waals surface area contributed by atoms with Crippen LogP contribution in [0.25, 0.3) is 22.5 Å². The Labute approximate surface area is 228 Å². The van der Waals surface area contributed by atoms with E-state index in [0.717, 1.165) is 83.1 Å². The lowest BCUT2D eigenvalue weighted by atomic mass is 9.97. The number of piperazine rings is 1. The number of carbonyl (C=O) groups excluding carboxylic acids is 1. The van der Waals surface area contributed by atoms with Crippen molar-refractivity contribution >= 4 is 17.3 Å². The van der Waals surface area contributed by atoms with Crippen molar-refractivity contribution in [3.05, 3.63) is 77.2 Å². The summed E-state index contributed by atoms with van der Waals surface area (Å²) >= 11 is 0. The number of fused-ring (bicyclic) bond motifs is 1. The molecule has 1 aromatic heterocycles. The van der Waals surface area contributed by atoms with Crippen LogP contribution in [0.5, 0.6) is 5.75 Å². The molecular formula is C31H33N5O3. The highest BCUT2D eigenvalue weighted by Gasteiger charge is 2.27. The molecule has 3 aromatic carbocycles. The van der Waals surface area contributed by atoms with Crippen LogP contribution in [0.4, 0.5) is 11.4 Å². The van der Waals surface area contributed by atoms with Crippen LogP contribution in [0.2, 0.25) is 0 Å². The SMILES string of the molecule is Cc1nc(-c2ccc(-c3ccc(CC(=O)Nc4cc5c(c(N6CCNCC6)c4)OC(C)C5)cc3)c(C)c2)no1. The Balaban J connectivity index is 1.15. The van der Waals surface area contributed by atoms with Crippen molar-refractivity contribution in [3.8, 4) is 28.3 Å². The minimum absolute atomic E-state index is 0.0307. The van der Waals surface area contributed by atoms with Crippen molar-refractivity contribution in [1.82, 2.24) is 15.5 Å². The Morgan fingerprint density at radius 2 is 1.82 bits per heavy atom. The summed E-state index contributed by atoms with van der Waals surface area (Å²) in [6, 6.07) is 18.5. The number of aromatic nitrogens is 2. The number of nitrogens with zero attached hydrogens (tertiary/aromatic N) is 3. The molecular weight excluding hydrogens is 490 g/mol. The molecule has 1 atom stereocenters. The summed E-state index contributed by atoms with van der Waals surface area (Å²) in [5, 5.41) is 10.6. The topological polar surface area (TPSA) is 92.5 Å². The van der Waals surface area contributed by atoms with Gasteiger partial charge in [-0.05, 0) is 54.3 Å². The van der Waals surface area contributed by atoms with Gasteiger partial charge in [-0.15, -0.1) is 0 Å². The monoisotopic (exact) mass is 523 g/mol. The van der Waals surface area contributed by atoms with E-state index in [4.69, 9.17) is 9.26 Å². The van der Waals surface area contributed by atoms with Crippen molar-refractivity contribution in [2.24, 2.45) is 0 Å². The predicted octanol–water partition coefficient (Wildman–Crippen LogP) is 4.93. The van der Waals surface area contributed by atoms with Crippen LogP contribution in [-0.2, 0) is 17.6 Å². The number of benzene rings is 3. The van der Waals surface area contributed by atoms with E-state index >= 15 is 0 Å². The van der Waals surface area contributed by atoms with E-state index in [2.05, 4.69) is 75.9 Å². The van der Waals surface area contributed by atoms with Crippen LogP contribution in [0, 0.1) is 13.8 Å². The Kier molecular flexibility index (Phi) is 6.79. The van der Waals surface area contributed by atoms with E-state index in [1.54, 1.807) is 6.92 Å². The standard InChI is InChI=1S/C31H33N5O3/c1-19-14-24(31-33-21(3)39-35-31)8-9-27(19)23-6-4-22(5-7-23)16-29(37)34-26-17-25-15-20(2)38-30(25)28(18-26)36-12-10-32-11-13-36/h4-9,14,17-18,20,32H,10-13,15-16H2,1-3H3,(H,34,37). The van der Waals surface area contributed by atoms with Gasteiger partial charge in [-0.1, -0.05) is 41.6 Å². The number of nitrogens with one attached hydrogen (secondary N) is 2. The van der Waals surface area contributed by atoms with Crippen molar-refractivity contribution in [3.63, 3.8) is 0 Å². The molecule has 1 saturated heterocycles. The van der Waals surface area contributed by atoms with Crippen LogP contribution < -0.4 is 20.3 Å². The maximum atomic E-state index is 13.0. The highest BCUT2D eigenvalue weighted by molar-refractivity contribution is 5.93. The molecule has 1 fully saturated rings. The number of aryl methyl sites for hydroxylation is 2. The first-order valence-electron chi connectivity index (χ1n) is 13.5. The number of ether oxygens (including phenoxy) is 1. The fourth-order valence-corrected chi connectivity index (χ4v) is 5.46. The maximum Gasteiger partial charge on any atom is 0.228 e. The van der Waals surface area contributed by atoms with Crippen LogP contribution in [0.3, 0.4) is 0 Å². The first-order chi connectivity index (χ1) is 18.9. The molecule has 0 bridgehead atoms. The third-order valence-electron chi connectivity index (χ3n) is 7.36. The van der Waals surface area contributed by atoms with Crippen molar-refractivity contribution in [2.45, 2.75) is 39.7 Å². The van der Waals surface area contributed by atoms with Gasteiger partial charge in [0, 0.05) is 56.3 Å². The number of hydrogen-bond acceptors (Lipinski definition) is 7. The molecule has 3 heterocycles. The minimum Gasteiger partial charge on any atom is -0.488 e. The van der Waals surface area contributed by atoms with Crippen molar-refractivity contribution in [2.75, 3.05) is 36.4 Å². The van der Waals surface area contributed by atoms with Gasteiger partial charge < -0.3 is 24.8 Å². The highest BCUT2D eigenvalue weighted by Crippen LogP contribution is 2.41. The Bertz CT molecular complexity index is 1510. The molecule has 2 aliphatic heterocycles. The maximum absolute atomic E-state index is 13.0. The molecule has 39 heavy (non-hydrogen) atoms. The van der Waals surface area contributed by atoms with Gasteiger partial charge in [0.1, 0.15) is 11.9 Å². The molecule has 8 heteroatoms. The second-order valence-corrected chi connectivity index (χ2v) is 10.4. The first kappa shape index (κ1) is 25.1. The number of hydrogen-bond donors (Lipinski definition) is 2. The van der Waals surface area contributed by atoms with Gasteiger partial charge in [-0.25, -0.2) is 0 Å². The van der Waals surface area contributed by atoms with Gasteiger partial charge in [0.15, 0.2) is 0 Å². The van der Waals surface area contributed by atoms with E-state index in [1.807, 2.05) is 18.2 Å². The number of anilines is 2. The molecule has 0 saturated carbocycles. The number of carbonyl (C=O) groups is 1. The molecule has 2 aliphatic rings. The Morgan fingerprint density at radius 1 is 1.05 bits per heavy atom. The average molecular weight is 524 g/mol. The fourth-order valence-electron chi connectivity index (χ4n) is 5.46. The second kappa shape index (κ2) is 10.5. The molecule has 4 aromatic rings. The normalized spacial score (nSPS) is 16.6. The van der Waals surface area contributed by atoms with Gasteiger partial charge in [0.25, 0.3) is 0 Å². The summed E-state index contributed by atoms with van der Waals surface area (Å²) in [7, 11) is 0. The smallest absolute Gasteiger partial charge is 0.228 e. The molecule has 0 spiro atoms. The van der Waals surface area contributed by atoms with E-state index in [1.165, 1.54) is 0 Å². The zero-order valence-corrected chi connectivity index (χ0v) is 22.6. The molecule has 200 valence electrons. The number of rotatable bonds is 6. The molecule has 6 rings (SSSR count). The quantitative estimate of drug-likeness (QED) is 0.370. The summed E-state index contributed by atoms with van der Waals surface area (Å²) < 4.78 is 11.3. The van der Waals surface area contributed by atoms with E-state index in [0.29, 0.717) is 18.1 Å². The zero-order valence-electron chi connectivity index (χ0n) is 22.6. The molecule has 2 N–H and O–H groups in total. The van der Waals surface area contributed by atoms with Crippen LogP contribution >= 0.6 is 0 Å². The van der Waals surface area contributed by atoms with Crippen molar-refractivity contribution < 1.29 is 14.1 Å². The van der Waals surface area contributed by atoms with Gasteiger partial charge >= 0.3 is 0 Å². The molecule has 0 radical (unpaired) electrons. The largest absolute Gasteiger partial charge is 0.488 e. The van der Waals surface area contributed by atoms with Crippen LogP contribution in [-0.4, -0.2) is 48.3 Å². The van der Waals surface area contributed by atoms with Crippen LogP contribution in [0.15, 0.2) is 59.1 Å². The average Bonchev–Trinajstić information content (AvgIpc) is 3.54. The van der Waals surface area contributed by atoms with Crippen LogP contribution in [0.1, 0.15) is 29.5 Å². The summed E-state index contributed by atoms with van der Waals surface area (Å²) in [4.78, 5) is 19.7. The van der Waals surface area contributed by atoms with Gasteiger partial charge in [-0.2, -0.15) is 4.98 Å². The minimum atomic E-state index is -0.0307. The summed E-state index contributed by atoms with van der Waals surface area (Å²) in [6.45, 7) is 9.68. The third kappa shape index (κ3) is 5.38. The lowest BCUT2D eigenvalue weighted by molar-refractivity contribution is -0.115. The zero-order chi connectivity index (χ0) is 26.9. The lowest BCUT2D eigenvalue weighted by Gasteiger charge is -2.31. The number of amides is 1. The molecule has 0 aliphatic carbocycles. The van der Waals surface area contributed by atoms with Gasteiger partial charge in [-0.3, -0.25) is 4.79 Å². The Morgan fingerprint density at radius 3 is 2.54 bits per heavy atom.